The van der Waals surface area contributed by atoms with Crippen molar-refractivity contribution in [2.24, 2.45) is 0 Å². The zero-order valence-electron chi connectivity index (χ0n) is 30.0. The Balaban J connectivity index is 1.39. The minimum Gasteiger partial charge on any atom is -0.481 e. The number of carbonyl (C=O) groups is 2. The Morgan fingerprint density at radius 2 is 1.53 bits per heavy atom. The van der Waals surface area contributed by atoms with Gasteiger partial charge >= 0.3 is 12.1 Å². The van der Waals surface area contributed by atoms with Gasteiger partial charge in [-0.2, -0.15) is 0 Å². The predicted molar refractivity (Wildman–Crippen MR) is 204 cm³/mol. The Kier molecular flexibility index (Phi) is 11.6. The van der Waals surface area contributed by atoms with Crippen molar-refractivity contribution in [3.05, 3.63) is 124 Å². The average Bonchev–Trinajstić information content (AvgIpc) is 3.44. The lowest BCUT2D eigenvalue weighted by atomic mass is 9.84. The number of carbonyl (C=O) groups excluding carboxylic acids is 1. The van der Waals surface area contributed by atoms with E-state index in [0.29, 0.717) is 30.8 Å². The van der Waals surface area contributed by atoms with E-state index in [2.05, 4.69) is 41.8 Å². The number of ether oxygens (including phenoxy) is 1. The highest BCUT2D eigenvalue weighted by atomic mass is 32.2. The lowest BCUT2D eigenvalue weighted by molar-refractivity contribution is -0.142. The molecule has 5 aromatic rings. The first kappa shape index (κ1) is 37.2. The third kappa shape index (κ3) is 9.79. The van der Waals surface area contributed by atoms with E-state index in [1.54, 1.807) is 30.9 Å². The monoisotopic (exact) mass is 709 g/mol. The van der Waals surface area contributed by atoms with Crippen LogP contribution in [0.5, 0.6) is 0 Å². The number of nitrogens with one attached hydrogen (secondary N) is 2. The van der Waals surface area contributed by atoms with Gasteiger partial charge in [-0.25, -0.2) is 13.2 Å². The number of carboxylic acid groups (broad SMARTS) is 1. The summed E-state index contributed by atoms with van der Waals surface area (Å²) in [5, 5.41) is 10.9. The molecule has 1 aromatic heterocycles. The highest BCUT2D eigenvalue weighted by Gasteiger charge is 2.30. The van der Waals surface area contributed by atoms with Crippen LogP contribution in [0.4, 0.5) is 10.5 Å². The third-order valence-electron chi connectivity index (χ3n) is 9.17. The molecule has 0 aliphatic rings. The van der Waals surface area contributed by atoms with Gasteiger partial charge in [0.15, 0.2) is 0 Å². The standard InChI is InChI=1S/C41H47N3O6S/c1-28-23-29(2)25-32(24-28)38-35(36-26-33(16-19-37(36)42-38)41(3,4)39(45)46)20-22-44(40(47)50-27-31-12-7-6-8-13-31)21-10-9-11-30-14-17-34(18-15-30)43-51(5,48)49/h6-8,12-19,23-26,42-43H,9-11,20-22,27H2,1-5H3,(H,45,46). The van der Waals surface area contributed by atoms with E-state index in [9.17, 15) is 23.1 Å². The third-order valence-corrected chi connectivity index (χ3v) is 9.78. The lowest BCUT2D eigenvalue weighted by Gasteiger charge is -2.23. The van der Waals surface area contributed by atoms with Gasteiger partial charge in [0.25, 0.3) is 0 Å². The molecule has 5 rings (SSSR count). The number of aromatic nitrogens is 1. The quantitative estimate of drug-likeness (QED) is 0.0937. The zero-order valence-corrected chi connectivity index (χ0v) is 30.8. The number of unbranched alkanes of at least 4 members (excludes halogenated alkanes) is 1. The molecule has 268 valence electrons. The number of carboxylic acids is 1. The summed E-state index contributed by atoms with van der Waals surface area (Å²) in [6.07, 6.45) is 3.57. The van der Waals surface area contributed by atoms with Crippen molar-refractivity contribution < 1.29 is 27.9 Å². The van der Waals surface area contributed by atoms with E-state index in [0.717, 1.165) is 75.5 Å². The molecule has 4 aromatic carbocycles. The average molecular weight is 710 g/mol. The fraction of sp³-hybridized carbons (Fsp3) is 0.317. The van der Waals surface area contributed by atoms with Gasteiger partial charge in [0.2, 0.25) is 10.0 Å². The number of sulfonamides is 1. The molecule has 0 bridgehead atoms. The van der Waals surface area contributed by atoms with Crippen LogP contribution in [0.2, 0.25) is 0 Å². The number of H-pyrrole nitrogens is 1. The van der Waals surface area contributed by atoms with Crippen LogP contribution < -0.4 is 4.72 Å². The van der Waals surface area contributed by atoms with Crippen molar-refractivity contribution in [1.29, 1.82) is 0 Å². The molecule has 0 aliphatic heterocycles. The second-order valence-corrected chi connectivity index (χ2v) is 15.6. The molecule has 0 spiro atoms. The Hall–Kier alpha value is -5.09. The van der Waals surface area contributed by atoms with Gasteiger partial charge in [-0.05, 0) is 118 Å². The molecule has 1 amide bonds. The van der Waals surface area contributed by atoms with Crippen LogP contribution in [-0.2, 0) is 44.4 Å². The van der Waals surface area contributed by atoms with Gasteiger partial charge in [-0.3, -0.25) is 9.52 Å². The molecule has 9 nitrogen and oxygen atoms in total. The normalized spacial score (nSPS) is 11.8. The van der Waals surface area contributed by atoms with Gasteiger partial charge in [-0.15, -0.1) is 0 Å². The van der Waals surface area contributed by atoms with Crippen LogP contribution in [0, 0.1) is 13.8 Å². The van der Waals surface area contributed by atoms with Gasteiger partial charge < -0.3 is 19.7 Å². The molecular weight excluding hydrogens is 663 g/mol. The number of hydrogen-bond donors (Lipinski definition) is 3. The molecule has 0 unspecified atom stereocenters. The second kappa shape index (κ2) is 15.9. The van der Waals surface area contributed by atoms with E-state index in [1.807, 2.05) is 60.7 Å². The molecule has 0 atom stereocenters. The number of anilines is 1. The summed E-state index contributed by atoms with van der Waals surface area (Å²) in [6, 6.07) is 29.1. The first-order chi connectivity index (χ1) is 24.2. The smallest absolute Gasteiger partial charge is 0.410 e. The molecule has 0 saturated carbocycles. The molecule has 0 fully saturated rings. The molecule has 0 saturated heterocycles. The van der Waals surface area contributed by atoms with E-state index >= 15 is 0 Å². The largest absolute Gasteiger partial charge is 0.481 e. The first-order valence-electron chi connectivity index (χ1n) is 17.2. The summed E-state index contributed by atoms with van der Waals surface area (Å²) in [5.74, 6) is -0.901. The van der Waals surface area contributed by atoms with Crippen LogP contribution in [0.25, 0.3) is 22.2 Å². The van der Waals surface area contributed by atoms with Crippen molar-refractivity contribution in [3.63, 3.8) is 0 Å². The van der Waals surface area contributed by atoms with Crippen LogP contribution in [0.1, 0.15) is 60.1 Å². The Morgan fingerprint density at radius 1 is 0.843 bits per heavy atom. The van der Waals surface area contributed by atoms with E-state index in [-0.39, 0.29) is 6.61 Å². The summed E-state index contributed by atoms with van der Waals surface area (Å²) in [5.41, 5.74) is 8.29. The lowest BCUT2D eigenvalue weighted by Crippen LogP contribution is -2.34. The summed E-state index contributed by atoms with van der Waals surface area (Å²) in [7, 11) is -3.35. The van der Waals surface area contributed by atoms with Gasteiger partial charge in [0, 0.05) is 35.4 Å². The highest BCUT2D eigenvalue weighted by Crippen LogP contribution is 2.35. The summed E-state index contributed by atoms with van der Waals surface area (Å²) in [6.45, 7) is 8.60. The van der Waals surface area contributed by atoms with Crippen LogP contribution >= 0.6 is 0 Å². The predicted octanol–water partition coefficient (Wildman–Crippen LogP) is 8.39. The van der Waals surface area contributed by atoms with Crippen molar-refractivity contribution >= 4 is 38.7 Å². The maximum atomic E-state index is 13.6. The maximum Gasteiger partial charge on any atom is 0.410 e. The Bertz CT molecular complexity index is 2080. The first-order valence-corrected chi connectivity index (χ1v) is 19.1. The number of rotatable bonds is 15. The highest BCUT2D eigenvalue weighted by molar-refractivity contribution is 7.92. The molecular formula is C41H47N3O6S. The fourth-order valence-corrected chi connectivity index (χ4v) is 6.89. The summed E-state index contributed by atoms with van der Waals surface area (Å²) < 4.78 is 31.4. The number of amides is 1. The van der Waals surface area contributed by atoms with Gasteiger partial charge in [0.05, 0.1) is 11.7 Å². The minimum absolute atomic E-state index is 0.165. The van der Waals surface area contributed by atoms with E-state index < -0.39 is 27.5 Å². The number of aliphatic carboxylic acids is 1. The molecule has 0 aliphatic carbocycles. The molecule has 51 heavy (non-hydrogen) atoms. The number of fused-ring (bicyclic) bond motifs is 1. The second-order valence-electron chi connectivity index (χ2n) is 13.9. The molecule has 0 radical (unpaired) electrons. The van der Waals surface area contributed by atoms with Crippen molar-refractivity contribution in [3.8, 4) is 11.3 Å². The molecule has 3 N–H and O–H groups in total. The zero-order chi connectivity index (χ0) is 36.8. The fourth-order valence-electron chi connectivity index (χ4n) is 6.32. The SMILES string of the molecule is Cc1cc(C)cc(-c2[nH]c3ccc(C(C)(C)C(=O)O)cc3c2CCN(CCCCc2ccc(NS(C)(=O)=O)cc2)C(=O)OCc2ccccc2)c1. The number of aromatic amines is 1. The Labute approximate surface area is 300 Å². The topological polar surface area (TPSA) is 129 Å². The maximum absolute atomic E-state index is 13.6. The summed E-state index contributed by atoms with van der Waals surface area (Å²) in [4.78, 5) is 31.2. The number of aryl methyl sites for hydroxylation is 3. The van der Waals surface area contributed by atoms with Crippen LogP contribution in [-0.4, -0.2) is 54.8 Å². The van der Waals surface area contributed by atoms with Crippen molar-refractivity contribution in [2.45, 2.75) is 65.4 Å². The van der Waals surface area contributed by atoms with Crippen LogP contribution in [0.15, 0.2) is 91.0 Å². The number of benzene rings is 4. The van der Waals surface area contributed by atoms with Gasteiger partial charge in [0.1, 0.15) is 6.61 Å². The molecule has 10 heteroatoms. The minimum atomic E-state index is -3.35. The summed E-state index contributed by atoms with van der Waals surface area (Å²) >= 11 is 0. The van der Waals surface area contributed by atoms with Crippen molar-refractivity contribution in [2.75, 3.05) is 24.1 Å². The number of hydrogen-bond acceptors (Lipinski definition) is 5. The Morgan fingerprint density at radius 3 is 2.18 bits per heavy atom. The van der Waals surface area contributed by atoms with E-state index in [1.165, 1.54) is 0 Å². The van der Waals surface area contributed by atoms with Crippen molar-refractivity contribution in [1.82, 2.24) is 9.88 Å². The van der Waals surface area contributed by atoms with E-state index in [4.69, 9.17) is 4.74 Å². The molecule has 1 heterocycles. The van der Waals surface area contributed by atoms with Crippen LogP contribution in [0.3, 0.4) is 0 Å². The number of nitrogens with zero attached hydrogens (tertiary/aromatic N) is 1. The van der Waals surface area contributed by atoms with Gasteiger partial charge in [-0.1, -0.05) is 65.7 Å².